The monoisotopic (exact) mass is 424 g/mol. The van der Waals surface area contributed by atoms with E-state index in [-0.39, 0.29) is 11.4 Å². The van der Waals surface area contributed by atoms with E-state index in [1.54, 1.807) is 0 Å². The minimum atomic E-state index is -3.00. The second-order valence-electron chi connectivity index (χ2n) is 8.51. The van der Waals surface area contributed by atoms with Crippen molar-refractivity contribution in [1.29, 1.82) is 0 Å². The molecule has 0 aromatic carbocycles. The van der Waals surface area contributed by atoms with Crippen LogP contribution in [-0.2, 0) is 14.3 Å². The number of hydrogen-bond donors (Lipinski definition) is 0. The molecule has 0 saturated heterocycles. The van der Waals surface area contributed by atoms with Crippen LogP contribution in [-0.4, -0.2) is 38.2 Å². The molecule has 3 nitrogen and oxygen atoms in total. The maximum absolute atomic E-state index is 12.8. The Morgan fingerprint density at radius 1 is 1.04 bits per heavy atom. The average Bonchev–Trinajstić information content (AvgIpc) is 3.16. The van der Waals surface area contributed by atoms with Gasteiger partial charge >= 0.3 is 0 Å². The summed E-state index contributed by atoms with van der Waals surface area (Å²) in [7, 11) is -4.89. The van der Waals surface area contributed by atoms with E-state index in [1.807, 2.05) is 0 Å². The van der Waals surface area contributed by atoms with Gasteiger partial charge in [0.2, 0.25) is 8.32 Å². The van der Waals surface area contributed by atoms with Crippen LogP contribution >= 0.6 is 15.9 Å². The molecule has 2 rings (SSSR count). The third kappa shape index (κ3) is 3.22. The Bertz CT molecular complexity index is 498. The van der Waals surface area contributed by atoms with E-state index >= 15 is 0 Å². The van der Waals surface area contributed by atoms with Crippen molar-refractivity contribution in [3.8, 4) is 0 Å². The van der Waals surface area contributed by atoms with Crippen molar-refractivity contribution in [3.63, 3.8) is 0 Å². The standard InChI is InChI=1S/C17H33BrO3SSi/c1-12(2)23(13(3)4,14(5)6)21-15-9-16(10-15)22(19,20)17(11-18)7-8-17/h12-16H,7-11H2,1-6H3. The first-order valence-electron chi connectivity index (χ1n) is 9.00. The molecule has 0 N–H and O–H groups in total. The highest BCUT2D eigenvalue weighted by molar-refractivity contribution is 9.09. The van der Waals surface area contributed by atoms with Gasteiger partial charge in [-0.1, -0.05) is 57.5 Å². The van der Waals surface area contributed by atoms with Crippen LogP contribution < -0.4 is 0 Å². The molecular formula is C17H33BrO3SSi. The van der Waals surface area contributed by atoms with E-state index in [1.165, 1.54) is 0 Å². The molecule has 0 bridgehead atoms. The van der Waals surface area contributed by atoms with E-state index in [2.05, 4.69) is 57.5 Å². The van der Waals surface area contributed by atoms with Crippen molar-refractivity contribution in [1.82, 2.24) is 0 Å². The molecule has 2 aliphatic rings. The van der Waals surface area contributed by atoms with Gasteiger partial charge in [-0.05, 0) is 42.3 Å². The zero-order chi connectivity index (χ0) is 17.6. The van der Waals surface area contributed by atoms with Gasteiger partial charge in [-0.3, -0.25) is 0 Å². The lowest BCUT2D eigenvalue weighted by atomic mass is 9.96. The van der Waals surface area contributed by atoms with Crippen molar-refractivity contribution in [2.24, 2.45) is 0 Å². The first-order chi connectivity index (χ1) is 10.5. The van der Waals surface area contributed by atoms with Gasteiger partial charge in [-0.15, -0.1) is 0 Å². The largest absolute Gasteiger partial charge is 0.413 e. The molecule has 6 heteroatoms. The summed E-state index contributed by atoms with van der Waals surface area (Å²) >= 11 is 3.41. The Balaban J connectivity index is 2.04. The number of rotatable bonds is 8. The van der Waals surface area contributed by atoms with E-state index < -0.39 is 22.9 Å². The smallest absolute Gasteiger partial charge is 0.200 e. The van der Waals surface area contributed by atoms with Gasteiger partial charge in [0.05, 0.1) is 10.00 Å². The molecule has 0 aliphatic heterocycles. The van der Waals surface area contributed by atoms with Gasteiger partial charge in [0.15, 0.2) is 9.84 Å². The van der Waals surface area contributed by atoms with Crippen LogP contribution in [0.25, 0.3) is 0 Å². The topological polar surface area (TPSA) is 43.4 Å². The molecule has 2 aliphatic carbocycles. The fourth-order valence-corrected chi connectivity index (χ4v) is 14.1. The van der Waals surface area contributed by atoms with Crippen LogP contribution in [0.5, 0.6) is 0 Å². The molecule has 2 fully saturated rings. The maximum atomic E-state index is 12.8. The van der Waals surface area contributed by atoms with Gasteiger partial charge < -0.3 is 4.43 Å². The lowest BCUT2D eigenvalue weighted by Crippen LogP contribution is -2.55. The second-order valence-corrected chi connectivity index (χ2v) is 17.1. The Morgan fingerprint density at radius 2 is 1.48 bits per heavy atom. The molecule has 0 atom stereocenters. The van der Waals surface area contributed by atoms with Crippen LogP contribution in [0, 0.1) is 0 Å². The highest BCUT2D eigenvalue weighted by atomic mass is 79.9. The molecule has 23 heavy (non-hydrogen) atoms. The summed E-state index contributed by atoms with van der Waals surface area (Å²) < 4.78 is 31.8. The van der Waals surface area contributed by atoms with Crippen molar-refractivity contribution in [2.75, 3.05) is 5.33 Å². The molecule has 0 radical (unpaired) electrons. The summed E-state index contributed by atoms with van der Waals surface area (Å²) in [6.45, 7) is 13.7. The molecule has 0 unspecified atom stereocenters. The Labute approximate surface area is 152 Å². The number of sulfone groups is 1. The van der Waals surface area contributed by atoms with Crippen LogP contribution in [0.15, 0.2) is 0 Å². The first kappa shape index (κ1) is 19.9. The summed E-state index contributed by atoms with van der Waals surface area (Å²) in [5.41, 5.74) is 1.65. The van der Waals surface area contributed by atoms with Crippen LogP contribution in [0.1, 0.15) is 67.2 Å². The van der Waals surface area contributed by atoms with Crippen LogP contribution in [0.2, 0.25) is 16.6 Å². The molecule has 2 saturated carbocycles. The predicted octanol–water partition coefficient (Wildman–Crippen LogP) is 5.05. The van der Waals surface area contributed by atoms with Gasteiger partial charge in [0.25, 0.3) is 0 Å². The number of alkyl halides is 1. The fourth-order valence-electron chi connectivity index (χ4n) is 4.55. The van der Waals surface area contributed by atoms with Gasteiger partial charge in [0.1, 0.15) is 0 Å². The van der Waals surface area contributed by atoms with Crippen molar-refractivity contribution in [3.05, 3.63) is 0 Å². The normalized spacial score (nSPS) is 27.6. The third-order valence-corrected chi connectivity index (χ3v) is 16.8. The van der Waals surface area contributed by atoms with Gasteiger partial charge in [0, 0.05) is 11.4 Å². The third-order valence-electron chi connectivity index (χ3n) is 6.22. The molecule has 0 spiro atoms. The van der Waals surface area contributed by atoms with Gasteiger partial charge in [-0.2, -0.15) is 0 Å². The van der Waals surface area contributed by atoms with Crippen molar-refractivity contribution in [2.45, 2.75) is 100.0 Å². The molecule has 0 aromatic heterocycles. The van der Waals surface area contributed by atoms with Crippen LogP contribution in [0.4, 0.5) is 0 Å². The minimum Gasteiger partial charge on any atom is -0.413 e. The minimum absolute atomic E-state index is 0.153. The Morgan fingerprint density at radius 3 is 1.78 bits per heavy atom. The van der Waals surface area contributed by atoms with E-state index in [0.717, 1.165) is 12.8 Å². The Hall–Kier alpha value is 0.607. The molecule has 136 valence electrons. The number of halogens is 1. The molecular weight excluding hydrogens is 392 g/mol. The van der Waals surface area contributed by atoms with Crippen molar-refractivity contribution < 1.29 is 12.8 Å². The SMILES string of the molecule is CC(C)[Si](OC1CC(S(=O)(=O)C2(CBr)CC2)C1)(C(C)C)C(C)C. The fraction of sp³-hybridized carbons (Fsp3) is 1.00. The number of hydrogen-bond acceptors (Lipinski definition) is 3. The molecule has 0 aromatic rings. The zero-order valence-corrected chi connectivity index (χ0v) is 18.8. The van der Waals surface area contributed by atoms with Crippen molar-refractivity contribution >= 4 is 34.1 Å². The highest BCUT2D eigenvalue weighted by Crippen LogP contribution is 2.52. The zero-order valence-electron chi connectivity index (χ0n) is 15.4. The summed E-state index contributed by atoms with van der Waals surface area (Å²) in [5, 5.41) is 0.415. The van der Waals surface area contributed by atoms with E-state index in [0.29, 0.717) is 34.8 Å². The summed E-state index contributed by atoms with van der Waals surface area (Å²) in [5.74, 6) is 0. The van der Waals surface area contributed by atoms with Crippen LogP contribution in [0.3, 0.4) is 0 Å². The lowest BCUT2D eigenvalue weighted by molar-refractivity contribution is 0.101. The highest BCUT2D eigenvalue weighted by Gasteiger charge is 2.59. The van der Waals surface area contributed by atoms with Gasteiger partial charge in [-0.25, -0.2) is 8.42 Å². The molecule has 0 amide bonds. The lowest BCUT2D eigenvalue weighted by Gasteiger charge is -2.48. The van der Waals surface area contributed by atoms with E-state index in [9.17, 15) is 8.42 Å². The maximum Gasteiger partial charge on any atom is 0.200 e. The Kier molecular flexibility index (Phi) is 5.83. The predicted molar refractivity (Wildman–Crippen MR) is 104 cm³/mol. The summed E-state index contributed by atoms with van der Waals surface area (Å²) in [6.07, 6.45) is 3.21. The second kappa shape index (κ2) is 6.73. The summed E-state index contributed by atoms with van der Waals surface area (Å²) in [4.78, 5) is 0. The van der Waals surface area contributed by atoms with E-state index in [4.69, 9.17) is 4.43 Å². The quantitative estimate of drug-likeness (QED) is 0.404. The summed E-state index contributed by atoms with van der Waals surface area (Å²) in [6, 6.07) is 0. The first-order valence-corrected chi connectivity index (χ1v) is 13.8. The molecule has 0 heterocycles. The average molecular weight is 426 g/mol.